The highest BCUT2D eigenvalue weighted by molar-refractivity contribution is 7.80. The van der Waals surface area contributed by atoms with E-state index >= 15 is 0 Å². The summed E-state index contributed by atoms with van der Waals surface area (Å²) < 4.78 is 12.8. The van der Waals surface area contributed by atoms with Gasteiger partial charge in [-0.05, 0) is 61.0 Å². The molecule has 0 fully saturated rings. The molecule has 0 aliphatic carbocycles. The van der Waals surface area contributed by atoms with Crippen LogP contribution in [0.5, 0.6) is 0 Å². The lowest BCUT2D eigenvalue weighted by Gasteiger charge is -2.13. The van der Waals surface area contributed by atoms with Gasteiger partial charge in [-0.25, -0.2) is 4.39 Å². The maximum atomic E-state index is 12.8. The molecule has 2 aromatic carbocycles. The fourth-order valence-corrected chi connectivity index (χ4v) is 2.00. The van der Waals surface area contributed by atoms with Crippen molar-refractivity contribution in [3.05, 3.63) is 65.0 Å². The van der Waals surface area contributed by atoms with Crippen molar-refractivity contribution in [1.82, 2.24) is 5.32 Å². The van der Waals surface area contributed by atoms with Crippen molar-refractivity contribution >= 4 is 23.0 Å². The lowest BCUT2D eigenvalue weighted by molar-refractivity contribution is 0.627. The van der Waals surface area contributed by atoms with Gasteiger partial charge in [0.05, 0.1) is 0 Å². The Morgan fingerprint density at radius 1 is 1.10 bits per heavy atom. The van der Waals surface area contributed by atoms with E-state index in [4.69, 9.17) is 12.2 Å². The molecule has 0 radical (unpaired) electrons. The van der Waals surface area contributed by atoms with Gasteiger partial charge in [0.15, 0.2) is 5.11 Å². The first-order valence-corrected chi connectivity index (χ1v) is 6.82. The van der Waals surface area contributed by atoms with E-state index in [2.05, 4.69) is 28.8 Å². The van der Waals surface area contributed by atoms with Crippen molar-refractivity contribution < 1.29 is 4.39 Å². The van der Waals surface area contributed by atoms with Crippen LogP contribution in [0.4, 0.5) is 10.1 Å². The molecule has 0 bridgehead atoms. The standard InChI is InChI=1S/C16H17FN2S/c1-11-3-4-12(2)15(9-11)19-16(20)18-10-13-5-7-14(17)8-6-13/h3-9H,10H2,1-2H3,(H2,18,19,20). The highest BCUT2D eigenvalue weighted by Gasteiger charge is 2.02. The summed E-state index contributed by atoms with van der Waals surface area (Å²) in [5.74, 6) is -0.232. The zero-order valence-corrected chi connectivity index (χ0v) is 12.4. The summed E-state index contributed by atoms with van der Waals surface area (Å²) in [6, 6.07) is 12.5. The number of rotatable bonds is 3. The Balaban J connectivity index is 1.92. The summed E-state index contributed by atoms with van der Waals surface area (Å²) in [5.41, 5.74) is 4.30. The van der Waals surface area contributed by atoms with E-state index in [0.717, 1.165) is 16.8 Å². The molecule has 0 heterocycles. The summed E-state index contributed by atoms with van der Waals surface area (Å²) in [6.07, 6.45) is 0. The molecule has 0 aliphatic heterocycles. The molecule has 4 heteroatoms. The van der Waals surface area contributed by atoms with Crippen molar-refractivity contribution in [3.63, 3.8) is 0 Å². The van der Waals surface area contributed by atoms with Crippen LogP contribution in [-0.2, 0) is 6.54 Å². The first kappa shape index (κ1) is 14.5. The van der Waals surface area contributed by atoms with Gasteiger partial charge < -0.3 is 10.6 Å². The molecule has 2 nitrogen and oxygen atoms in total. The number of halogens is 1. The van der Waals surface area contributed by atoms with Crippen LogP contribution in [-0.4, -0.2) is 5.11 Å². The van der Waals surface area contributed by atoms with Crippen molar-refractivity contribution in [2.75, 3.05) is 5.32 Å². The van der Waals surface area contributed by atoms with Gasteiger partial charge in [-0.1, -0.05) is 24.3 Å². The van der Waals surface area contributed by atoms with Crippen molar-refractivity contribution in [3.8, 4) is 0 Å². The number of anilines is 1. The van der Waals surface area contributed by atoms with E-state index in [1.807, 2.05) is 13.8 Å². The summed E-state index contributed by atoms with van der Waals surface area (Å²) in [5, 5.41) is 6.85. The van der Waals surface area contributed by atoms with E-state index < -0.39 is 0 Å². The van der Waals surface area contributed by atoms with E-state index in [9.17, 15) is 4.39 Å². The lowest BCUT2D eigenvalue weighted by Crippen LogP contribution is -2.28. The van der Waals surface area contributed by atoms with Gasteiger partial charge in [0.1, 0.15) is 5.82 Å². The molecule has 2 N–H and O–H groups in total. The van der Waals surface area contributed by atoms with Crippen LogP contribution in [0.3, 0.4) is 0 Å². The van der Waals surface area contributed by atoms with Crippen LogP contribution in [0.2, 0.25) is 0 Å². The topological polar surface area (TPSA) is 24.1 Å². The fourth-order valence-electron chi connectivity index (χ4n) is 1.82. The zero-order valence-electron chi connectivity index (χ0n) is 11.5. The molecule has 2 rings (SSSR count). The number of thiocarbonyl (C=S) groups is 1. The summed E-state index contributed by atoms with van der Waals surface area (Å²) in [6.45, 7) is 4.64. The predicted octanol–water partition coefficient (Wildman–Crippen LogP) is 3.93. The highest BCUT2D eigenvalue weighted by Crippen LogP contribution is 2.16. The summed E-state index contributed by atoms with van der Waals surface area (Å²) in [7, 11) is 0. The second kappa shape index (κ2) is 6.48. The minimum atomic E-state index is -0.232. The van der Waals surface area contributed by atoms with Crippen LogP contribution in [0.15, 0.2) is 42.5 Å². The van der Waals surface area contributed by atoms with Crippen LogP contribution in [0.1, 0.15) is 16.7 Å². The van der Waals surface area contributed by atoms with E-state index in [1.165, 1.54) is 17.7 Å². The predicted molar refractivity (Wildman–Crippen MR) is 85.4 cm³/mol. The molecule has 0 atom stereocenters. The third kappa shape index (κ3) is 4.03. The minimum absolute atomic E-state index is 0.232. The monoisotopic (exact) mass is 288 g/mol. The number of nitrogens with one attached hydrogen (secondary N) is 2. The van der Waals surface area contributed by atoms with Crippen LogP contribution < -0.4 is 10.6 Å². The maximum Gasteiger partial charge on any atom is 0.171 e. The minimum Gasteiger partial charge on any atom is -0.358 e. The van der Waals surface area contributed by atoms with E-state index in [0.29, 0.717) is 11.7 Å². The molecule has 104 valence electrons. The Hall–Kier alpha value is -1.94. The number of hydrogen-bond donors (Lipinski definition) is 2. The van der Waals surface area contributed by atoms with Crippen LogP contribution in [0, 0.1) is 19.7 Å². The quantitative estimate of drug-likeness (QED) is 0.837. The number of aryl methyl sites for hydroxylation is 2. The van der Waals surface area contributed by atoms with Gasteiger partial charge in [-0.2, -0.15) is 0 Å². The molecular formula is C16H17FN2S. The summed E-state index contributed by atoms with van der Waals surface area (Å²) >= 11 is 5.27. The first-order valence-electron chi connectivity index (χ1n) is 6.41. The van der Waals surface area contributed by atoms with Gasteiger partial charge in [0, 0.05) is 12.2 Å². The molecule has 0 aromatic heterocycles. The molecule has 0 saturated heterocycles. The van der Waals surface area contributed by atoms with Crippen molar-refractivity contribution in [1.29, 1.82) is 0 Å². The molecule has 0 unspecified atom stereocenters. The normalized spacial score (nSPS) is 10.2. The Kier molecular flexibility index (Phi) is 4.69. The molecule has 0 amide bonds. The van der Waals surface area contributed by atoms with Gasteiger partial charge in [0.25, 0.3) is 0 Å². The fraction of sp³-hybridized carbons (Fsp3) is 0.188. The Labute approximate surface area is 124 Å². The smallest absolute Gasteiger partial charge is 0.171 e. The van der Waals surface area contributed by atoms with E-state index in [1.54, 1.807) is 12.1 Å². The lowest BCUT2D eigenvalue weighted by atomic mass is 10.1. The SMILES string of the molecule is Cc1ccc(C)c(NC(=S)NCc2ccc(F)cc2)c1. The average molecular weight is 288 g/mol. The Morgan fingerprint density at radius 2 is 1.80 bits per heavy atom. The number of benzene rings is 2. The molecule has 0 saturated carbocycles. The van der Waals surface area contributed by atoms with Gasteiger partial charge >= 0.3 is 0 Å². The van der Waals surface area contributed by atoms with Crippen LogP contribution >= 0.6 is 12.2 Å². The molecule has 0 spiro atoms. The van der Waals surface area contributed by atoms with Gasteiger partial charge in [0.2, 0.25) is 0 Å². The third-order valence-corrected chi connectivity index (χ3v) is 3.25. The average Bonchev–Trinajstić information content (AvgIpc) is 2.42. The Bertz CT molecular complexity index is 608. The third-order valence-electron chi connectivity index (χ3n) is 3.01. The van der Waals surface area contributed by atoms with Crippen molar-refractivity contribution in [2.45, 2.75) is 20.4 Å². The largest absolute Gasteiger partial charge is 0.358 e. The summed E-state index contributed by atoms with van der Waals surface area (Å²) in [4.78, 5) is 0. The maximum absolute atomic E-state index is 12.8. The zero-order chi connectivity index (χ0) is 14.5. The second-order valence-electron chi connectivity index (χ2n) is 4.75. The first-order chi connectivity index (χ1) is 9.54. The van der Waals surface area contributed by atoms with E-state index in [-0.39, 0.29) is 5.82 Å². The van der Waals surface area contributed by atoms with Crippen molar-refractivity contribution in [2.24, 2.45) is 0 Å². The molecule has 0 aliphatic rings. The second-order valence-corrected chi connectivity index (χ2v) is 5.16. The Morgan fingerprint density at radius 3 is 2.50 bits per heavy atom. The van der Waals surface area contributed by atoms with Gasteiger partial charge in [-0.3, -0.25) is 0 Å². The van der Waals surface area contributed by atoms with Gasteiger partial charge in [-0.15, -0.1) is 0 Å². The highest BCUT2D eigenvalue weighted by atomic mass is 32.1. The molecular weight excluding hydrogens is 271 g/mol. The molecule has 2 aromatic rings. The van der Waals surface area contributed by atoms with Crippen LogP contribution in [0.25, 0.3) is 0 Å². The molecule has 20 heavy (non-hydrogen) atoms. The number of hydrogen-bond acceptors (Lipinski definition) is 1.